The average molecular weight is 365 g/mol. The van der Waals surface area contributed by atoms with Gasteiger partial charge in [0, 0.05) is 16.1 Å². The fraction of sp³-hybridized carbons (Fsp3) is 0.0769. The summed E-state index contributed by atoms with van der Waals surface area (Å²) in [6, 6.07) is 7.63. The van der Waals surface area contributed by atoms with E-state index in [9.17, 15) is 4.39 Å². The van der Waals surface area contributed by atoms with Crippen LogP contribution in [0.15, 0.2) is 34.8 Å². The summed E-state index contributed by atoms with van der Waals surface area (Å²) in [5.74, 6) is 0.0237. The first kappa shape index (κ1) is 14.4. The third-order valence-electron chi connectivity index (χ3n) is 2.44. The molecule has 0 aliphatic heterocycles. The molecule has 0 atom stereocenters. The number of nitrogens with two attached hydrogens (primary N) is 1. The Morgan fingerprint density at radius 3 is 2.58 bits per heavy atom. The van der Waals surface area contributed by atoms with Crippen LogP contribution in [0.3, 0.4) is 0 Å². The zero-order chi connectivity index (χ0) is 14.0. The Kier molecular flexibility index (Phi) is 4.55. The Balaban J connectivity index is 2.19. The third-order valence-corrected chi connectivity index (χ3v) is 3.66. The van der Waals surface area contributed by atoms with Crippen LogP contribution in [0.5, 0.6) is 5.75 Å². The van der Waals surface area contributed by atoms with Crippen LogP contribution in [0.2, 0.25) is 10.0 Å². The molecule has 19 heavy (non-hydrogen) atoms. The van der Waals surface area contributed by atoms with E-state index in [2.05, 4.69) is 15.9 Å². The summed E-state index contributed by atoms with van der Waals surface area (Å²) >= 11 is 15.0. The smallest absolute Gasteiger partial charge is 0.144 e. The summed E-state index contributed by atoms with van der Waals surface area (Å²) in [7, 11) is 0. The van der Waals surface area contributed by atoms with Crippen molar-refractivity contribution in [2.24, 2.45) is 0 Å². The zero-order valence-electron chi connectivity index (χ0n) is 9.59. The van der Waals surface area contributed by atoms with Crippen LogP contribution < -0.4 is 10.5 Å². The van der Waals surface area contributed by atoms with E-state index in [0.29, 0.717) is 27.0 Å². The standard InChI is InChI=1S/C13H9BrCl2FNO/c14-8-1-2-11(17)7(3-8)6-19-13-5-10(16)9(15)4-12(13)18/h1-5H,6,18H2. The van der Waals surface area contributed by atoms with Gasteiger partial charge >= 0.3 is 0 Å². The molecule has 100 valence electrons. The van der Waals surface area contributed by atoms with Crippen LogP contribution in [-0.4, -0.2) is 0 Å². The molecule has 6 heteroatoms. The predicted octanol–water partition coefficient (Wildman–Crippen LogP) is 5.06. The minimum atomic E-state index is -0.346. The second kappa shape index (κ2) is 5.99. The van der Waals surface area contributed by atoms with Crippen molar-refractivity contribution in [2.75, 3.05) is 5.73 Å². The Morgan fingerprint density at radius 1 is 1.16 bits per heavy atom. The van der Waals surface area contributed by atoms with E-state index in [4.69, 9.17) is 33.7 Å². The molecule has 0 aliphatic carbocycles. The van der Waals surface area contributed by atoms with E-state index in [1.807, 2.05) is 0 Å². The molecular weight excluding hydrogens is 356 g/mol. The summed E-state index contributed by atoms with van der Waals surface area (Å²) < 4.78 is 19.8. The van der Waals surface area contributed by atoms with Crippen LogP contribution in [-0.2, 0) is 6.61 Å². The van der Waals surface area contributed by atoms with Gasteiger partial charge in [-0.1, -0.05) is 39.1 Å². The van der Waals surface area contributed by atoms with Crippen molar-refractivity contribution in [3.63, 3.8) is 0 Å². The minimum Gasteiger partial charge on any atom is -0.487 e. The lowest BCUT2D eigenvalue weighted by Gasteiger charge is -2.11. The van der Waals surface area contributed by atoms with Crippen molar-refractivity contribution in [3.8, 4) is 5.75 Å². The molecule has 0 aromatic heterocycles. The molecule has 0 saturated carbocycles. The van der Waals surface area contributed by atoms with Gasteiger partial charge in [-0.05, 0) is 24.3 Å². The van der Waals surface area contributed by atoms with Crippen LogP contribution in [0.4, 0.5) is 10.1 Å². The van der Waals surface area contributed by atoms with E-state index < -0.39 is 0 Å². The molecule has 0 amide bonds. The fourth-order valence-electron chi connectivity index (χ4n) is 1.48. The highest BCUT2D eigenvalue weighted by Crippen LogP contribution is 2.33. The van der Waals surface area contributed by atoms with Gasteiger partial charge in [0.15, 0.2) is 0 Å². The van der Waals surface area contributed by atoms with E-state index in [-0.39, 0.29) is 12.4 Å². The van der Waals surface area contributed by atoms with Crippen LogP contribution >= 0.6 is 39.1 Å². The molecule has 2 N–H and O–H groups in total. The van der Waals surface area contributed by atoms with Crippen LogP contribution in [0.1, 0.15) is 5.56 Å². The molecule has 0 saturated heterocycles. The van der Waals surface area contributed by atoms with Crippen molar-refractivity contribution >= 4 is 44.8 Å². The molecule has 0 fully saturated rings. The van der Waals surface area contributed by atoms with Crippen molar-refractivity contribution < 1.29 is 9.13 Å². The molecule has 0 aliphatic rings. The Hall–Kier alpha value is -0.970. The average Bonchev–Trinajstić information content (AvgIpc) is 2.36. The molecule has 0 heterocycles. The highest BCUT2D eigenvalue weighted by molar-refractivity contribution is 9.10. The van der Waals surface area contributed by atoms with E-state index in [1.54, 1.807) is 12.1 Å². The topological polar surface area (TPSA) is 35.2 Å². The van der Waals surface area contributed by atoms with Crippen LogP contribution in [0.25, 0.3) is 0 Å². The largest absolute Gasteiger partial charge is 0.487 e. The Bertz CT molecular complexity index is 622. The van der Waals surface area contributed by atoms with Gasteiger partial charge in [-0.2, -0.15) is 0 Å². The maximum absolute atomic E-state index is 13.5. The number of rotatable bonds is 3. The van der Waals surface area contributed by atoms with Crippen molar-refractivity contribution in [1.29, 1.82) is 0 Å². The molecule has 0 unspecified atom stereocenters. The number of benzene rings is 2. The second-order valence-corrected chi connectivity index (χ2v) is 5.56. The monoisotopic (exact) mass is 363 g/mol. The highest BCUT2D eigenvalue weighted by Gasteiger charge is 2.08. The fourth-order valence-corrected chi connectivity index (χ4v) is 2.21. The highest BCUT2D eigenvalue weighted by atomic mass is 79.9. The Morgan fingerprint density at radius 2 is 1.84 bits per heavy atom. The van der Waals surface area contributed by atoms with Gasteiger partial charge in [-0.25, -0.2) is 4.39 Å². The summed E-state index contributed by atoms with van der Waals surface area (Å²) in [6.07, 6.45) is 0. The molecule has 2 nitrogen and oxygen atoms in total. The second-order valence-electron chi connectivity index (χ2n) is 3.83. The predicted molar refractivity (Wildman–Crippen MR) is 79.3 cm³/mol. The normalized spacial score (nSPS) is 10.5. The zero-order valence-corrected chi connectivity index (χ0v) is 12.7. The minimum absolute atomic E-state index is 0.0490. The summed E-state index contributed by atoms with van der Waals surface area (Å²) in [5.41, 5.74) is 6.52. The van der Waals surface area contributed by atoms with Gasteiger partial charge in [0.05, 0.1) is 15.7 Å². The lowest BCUT2D eigenvalue weighted by atomic mass is 10.2. The number of halogens is 4. The maximum atomic E-state index is 13.5. The van der Waals surface area contributed by atoms with Gasteiger partial charge in [-0.3, -0.25) is 0 Å². The lowest BCUT2D eigenvalue weighted by molar-refractivity contribution is 0.301. The van der Waals surface area contributed by atoms with Crippen molar-refractivity contribution in [3.05, 3.63) is 56.2 Å². The quantitative estimate of drug-likeness (QED) is 0.773. The number of anilines is 1. The lowest BCUT2D eigenvalue weighted by Crippen LogP contribution is -2.01. The van der Waals surface area contributed by atoms with Crippen molar-refractivity contribution in [2.45, 2.75) is 6.61 Å². The van der Waals surface area contributed by atoms with E-state index in [1.165, 1.54) is 18.2 Å². The third kappa shape index (κ3) is 3.53. The summed E-state index contributed by atoms with van der Waals surface area (Å²) in [5, 5.41) is 0.681. The summed E-state index contributed by atoms with van der Waals surface area (Å²) in [4.78, 5) is 0. The number of hydrogen-bond donors (Lipinski definition) is 1. The molecule has 2 aromatic rings. The van der Waals surface area contributed by atoms with Crippen molar-refractivity contribution in [1.82, 2.24) is 0 Å². The van der Waals surface area contributed by atoms with E-state index >= 15 is 0 Å². The molecule has 0 bridgehead atoms. The Labute approximate surface area is 128 Å². The SMILES string of the molecule is Nc1cc(Cl)c(Cl)cc1OCc1cc(Br)ccc1F. The van der Waals surface area contributed by atoms with Gasteiger partial charge in [0.1, 0.15) is 18.2 Å². The molecule has 2 aromatic carbocycles. The number of ether oxygens (including phenoxy) is 1. The summed E-state index contributed by atoms with van der Waals surface area (Å²) in [6.45, 7) is 0.0490. The first-order chi connectivity index (χ1) is 8.97. The molecule has 2 rings (SSSR count). The molecule has 0 radical (unpaired) electrons. The number of nitrogen functional groups attached to an aromatic ring is 1. The molecule has 0 spiro atoms. The van der Waals surface area contributed by atoms with Gasteiger partial charge < -0.3 is 10.5 Å². The van der Waals surface area contributed by atoms with Gasteiger partial charge in [-0.15, -0.1) is 0 Å². The van der Waals surface area contributed by atoms with Gasteiger partial charge in [0.2, 0.25) is 0 Å². The molecular formula is C13H9BrCl2FNO. The van der Waals surface area contributed by atoms with E-state index in [0.717, 1.165) is 4.47 Å². The van der Waals surface area contributed by atoms with Crippen LogP contribution in [0, 0.1) is 5.82 Å². The first-order valence-electron chi connectivity index (χ1n) is 5.28. The van der Waals surface area contributed by atoms with Gasteiger partial charge in [0.25, 0.3) is 0 Å². The first-order valence-corrected chi connectivity index (χ1v) is 6.83. The maximum Gasteiger partial charge on any atom is 0.144 e. The number of hydrogen-bond acceptors (Lipinski definition) is 2.